The Bertz CT molecular complexity index is 1100. The monoisotopic (exact) mass is 400 g/mol. The van der Waals surface area contributed by atoms with E-state index in [0.717, 1.165) is 29.5 Å². The first kappa shape index (κ1) is 17.7. The normalized spacial score (nSPS) is 11.3. The van der Waals surface area contributed by atoms with E-state index in [-0.39, 0.29) is 5.69 Å². The van der Waals surface area contributed by atoms with Crippen LogP contribution in [0.5, 0.6) is 0 Å². The molecule has 0 atom stereocenters. The molecule has 0 amide bonds. The van der Waals surface area contributed by atoms with Crippen LogP contribution >= 0.6 is 23.1 Å². The molecule has 0 radical (unpaired) electrons. The topological polar surface area (TPSA) is 91.7 Å². The van der Waals surface area contributed by atoms with Crippen molar-refractivity contribution in [3.05, 3.63) is 52.2 Å². The number of hydrogen-bond donors (Lipinski definition) is 0. The highest BCUT2D eigenvalue weighted by Crippen LogP contribution is 2.34. The number of thiophene rings is 1. The van der Waals surface area contributed by atoms with Crippen LogP contribution in [-0.4, -0.2) is 29.5 Å². The van der Waals surface area contributed by atoms with Crippen LogP contribution < -0.4 is 0 Å². The molecule has 0 saturated carbocycles. The molecule has 8 nitrogen and oxygen atoms in total. The number of thioether (sulfide) groups is 1. The van der Waals surface area contributed by atoms with Crippen LogP contribution in [0.1, 0.15) is 13.3 Å². The molecule has 0 saturated heterocycles. The zero-order valence-electron chi connectivity index (χ0n) is 14.5. The summed E-state index contributed by atoms with van der Waals surface area (Å²) in [5.41, 5.74) is 1.06. The first-order valence-corrected chi connectivity index (χ1v) is 10.2. The molecule has 138 valence electrons. The van der Waals surface area contributed by atoms with Gasteiger partial charge in [0.15, 0.2) is 11.0 Å². The first-order valence-electron chi connectivity index (χ1n) is 8.37. The van der Waals surface area contributed by atoms with Gasteiger partial charge in [0.2, 0.25) is 0 Å². The van der Waals surface area contributed by atoms with Gasteiger partial charge in [0.25, 0.3) is 0 Å². The van der Waals surface area contributed by atoms with Gasteiger partial charge in [0.1, 0.15) is 12.4 Å². The molecule has 10 heteroatoms. The molecule has 3 heterocycles. The highest BCUT2D eigenvalue weighted by molar-refractivity contribution is 7.98. The quantitative estimate of drug-likeness (QED) is 0.259. The van der Waals surface area contributed by atoms with Crippen molar-refractivity contribution in [3.8, 4) is 11.4 Å². The van der Waals surface area contributed by atoms with Gasteiger partial charge in [0, 0.05) is 27.6 Å². The Balaban J connectivity index is 1.63. The van der Waals surface area contributed by atoms with E-state index in [9.17, 15) is 10.1 Å². The molecule has 0 fully saturated rings. The summed E-state index contributed by atoms with van der Waals surface area (Å²) in [6.07, 6.45) is 3.62. The van der Waals surface area contributed by atoms with Crippen LogP contribution in [0.15, 0.2) is 47.2 Å². The van der Waals surface area contributed by atoms with E-state index >= 15 is 0 Å². The molecule has 4 rings (SSSR count). The van der Waals surface area contributed by atoms with Crippen LogP contribution in [0.25, 0.3) is 21.5 Å². The maximum absolute atomic E-state index is 10.8. The van der Waals surface area contributed by atoms with Crippen LogP contribution in [0.3, 0.4) is 0 Å². The third kappa shape index (κ3) is 3.45. The molecule has 1 aromatic carbocycles. The Morgan fingerprint density at radius 1 is 1.30 bits per heavy atom. The largest absolute Gasteiger partial charge is 0.307 e. The fraction of sp³-hybridized carbons (Fsp3) is 0.235. The van der Waals surface area contributed by atoms with Gasteiger partial charge >= 0.3 is 5.69 Å². The zero-order valence-corrected chi connectivity index (χ0v) is 16.1. The predicted molar refractivity (Wildman–Crippen MR) is 106 cm³/mol. The molecule has 0 N–H and O–H groups in total. The lowest BCUT2D eigenvalue weighted by atomic mass is 10.1. The smallest absolute Gasteiger partial charge is 0.302 e. The Hall–Kier alpha value is -2.72. The molecular formula is C17H16N6O2S2. The molecule has 0 aliphatic heterocycles. The zero-order chi connectivity index (χ0) is 18.8. The van der Waals surface area contributed by atoms with Crippen molar-refractivity contribution < 1.29 is 4.92 Å². The van der Waals surface area contributed by atoms with E-state index in [1.54, 1.807) is 11.3 Å². The second-order valence-corrected chi connectivity index (χ2v) is 7.70. The van der Waals surface area contributed by atoms with Gasteiger partial charge in [-0.25, -0.2) is 0 Å². The van der Waals surface area contributed by atoms with Crippen molar-refractivity contribution in [3.63, 3.8) is 0 Å². The van der Waals surface area contributed by atoms with Crippen LogP contribution in [0.4, 0.5) is 5.69 Å². The number of aromatic nitrogens is 5. The number of benzene rings is 1. The van der Waals surface area contributed by atoms with E-state index in [2.05, 4.69) is 44.3 Å². The van der Waals surface area contributed by atoms with Gasteiger partial charge in [-0.15, -0.1) is 21.5 Å². The lowest BCUT2D eigenvalue weighted by Gasteiger charge is -2.08. The van der Waals surface area contributed by atoms with E-state index in [0.29, 0.717) is 5.88 Å². The minimum atomic E-state index is -0.451. The maximum atomic E-state index is 10.8. The summed E-state index contributed by atoms with van der Waals surface area (Å²) in [4.78, 5) is 10.3. The number of nitrogens with zero attached hydrogens (tertiary/aromatic N) is 6. The second-order valence-electron chi connectivity index (χ2n) is 5.87. The average Bonchev–Trinajstić information content (AvgIpc) is 3.38. The first-order chi connectivity index (χ1) is 13.2. The highest BCUT2D eigenvalue weighted by Gasteiger charge is 2.17. The fourth-order valence-electron chi connectivity index (χ4n) is 2.81. The van der Waals surface area contributed by atoms with E-state index < -0.39 is 4.92 Å². The van der Waals surface area contributed by atoms with Gasteiger partial charge in [-0.3, -0.25) is 14.8 Å². The van der Waals surface area contributed by atoms with E-state index in [1.807, 2.05) is 12.1 Å². The highest BCUT2D eigenvalue weighted by atomic mass is 32.2. The minimum absolute atomic E-state index is 0.0175. The van der Waals surface area contributed by atoms with Crippen molar-refractivity contribution >= 4 is 38.9 Å². The van der Waals surface area contributed by atoms with Gasteiger partial charge in [-0.05, 0) is 12.5 Å². The summed E-state index contributed by atoms with van der Waals surface area (Å²) in [5, 5.41) is 27.7. The van der Waals surface area contributed by atoms with E-state index in [4.69, 9.17) is 0 Å². The molecule has 27 heavy (non-hydrogen) atoms. The molecule has 0 bridgehead atoms. The Morgan fingerprint density at radius 2 is 2.15 bits per heavy atom. The standard InChI is InChI=1S/C17H16N6O2S2/c1-2-7-22-16(14-10-26-15-6-4-3-5-13(14)15)19-20-17(22)27-11-21-9-12(8-18-21)23(24)25/h3-6,8-10H,2,7,11H2,1H3. The van der Waals surface area contributed by atoms with Gasteiger partial charge in [-0.2, -0.15) is 5.10 Å². The van der Waals surface area contributed by atoms with Crippen molar-refractivity contribution in [1.29, 1.82) is 0 Å². The summed E-state index contributed by atoms with van der Waals surface area (Å²) >= 11 is 3.15. The molecule has 0 aliphatic rings. The summed E-state index contributed by atoms with van der Waals surface area (Å²) in [6, 6.07) is 8.26. The second kappa shape index (κ2) is 7.49. The van der Waals surface area contributed by atoms with Crippen molar-refractivity contribution in [2.45, 2.75) is 30.9 Å². The van der Waals surface area contributed by atoms with Gasteiger partial charge in [-0.1, -0.05) is 36.9 Å². The SMILES string of the molecule is CCCn1c(SCn2cc([N+](=O)[O-])cn2)nnc1-c1csc2ccccc12. The van der Waals surface area contributed by atoms with Crippen LogP contribution in [-0.2, 0) is 12.4 Å². The Kier molecular flexibility index (Phi) is 4.90. The lowest BCUT2D eigenvalue weighted by molar-refractivity contribution is -0.385. The minimum Gasteiger partial charge on any atom is -0.302 e. The van der Waals surface area contributed by atoms with Crippen LogP contribution in [0.2, 0.25) is 0 Å². The molecule has 0 spiro atoms. The van der Waals surface area contributed by atoms with Crippen molar-refractivity contribution in [2.75, 3.05) is 0 Å². The number of nitro groups is 1. The Morgan fingerprint density at radius 3 is 2.93 bits per heavy atom. The third-order valence-electron chi connectivity index (χ3n) is 4.04. The Labute approximate surface area is 163 Å². The fourth-order valence-corrected chi connectivity index (χ4v) is 4.57. The third-order valence-corrected chi connectivity index (χ3v) is 5.96. The van der Waals surface area contributed by atoms with Gasteiger partial charge in [0.05, 0.1) is 10.8 Å². The average molecular weight is 400 g/mol. The molecule has 4 aromatic rings. The van der Waals surface area contributed by atoms with Crippen molar-refractivity contribution in [1.82, 2.24) is 24.5 Å². The molecular weight excluding hydrogens is 384 g/mol. The molecule has 0 aliphatic carbocycles. The molecule has 0 unspecified atom stereocenters. The predicted octanol–water partition coefficient (Wildman–Crippen LogP) is 4.42. The number of rotatable bonds is 7. The number of fused-ring (bicyclic) bond motifs is 1. The summed E-state index contributed by atoms with van der Waals surface area (Å²) < 4.78 is 4.86. The van der Waals surface area contributed by atoms with Gasteiger partial charge < -0.3 is 4.57 Å². The summed E-state index contributed by atoms with van der Waals surface area (Å²) in [6.45, 7) is 2.91. The summed E-state index contributed by atoms with van der Waals surface area (Å²) in [7, 11) is 0. The van der Waals surface area contributed by atoms with Crippen molar-refractivity contribution in [2.24, 2.45) is 0 Å². The maximum Gasteiger partial charge on any atom is 0.307 e. The summed E-state index contributed by atoms with van der Waals surface area (Å²) in [5.74, 6) is 1.28. The number of hydrogen-bond acceptors (Lipinski definition) is 7. The lowest BCUT2D eigenvalue weighted by Crippen LogP contribution is -2.03. The van der Waals surface area contributed by atoms with Crippen LogP contribution in [0, 0.1) is 10.1 Å². The van der Waals surface area contributed by atoms with E-state index in [1.165, 1.54) is 38.9 Å². The molecule has 3 aromatic heterocycles.